The van der Waals surface area contributed by atoms with Crippen molar-refractivity contribution in [3.8, 4) is 0 Å². The van der Waals surface area contributed by atoms with Crippen LogP contribution in [0, 0.1) is 11.8 Å². The van der Waals surface area contributed by atoms with Crippen LogP contribution in [0.3, 0.4) is 0 Å². The summed E-state index contributed by atoms with van der Waals surface area (Å²) in [7, 11) is 0. The highest BCUT2D eigenvalue weighted by molar-refractivity contribution is 4.84. The van der Waals surface area contributed by atoms with Crippen LogP contribution in [0.4, 0.5) is 0 Å². The maximum Gasteiger partial charge on any atom is 0.0594 e. The molecule has 2 nitrogen and oxygen atoms in total. The Morgan fingerprint density at radius 1 is 1.29 bits per heavy atom. The summed E-state index contributed by atoms with van der Waals surface area (Å²) in [5, 5.41) is 3.59. The molecule has 1 rings (SSSR count). The van der Waals surface area contributed by atoms with Crippen LogP contribution >= 0.6 is 0 Å². The Morgan fingerprint density at radius 2 is 2.00 bits per heavy atom. The van der Waals surface area contributed by atoms with Gasteiger partial charge in [-0.1, -0.05) is 13.8 Å². The largest absolute Gasteiger partial charge is 0.377 e. The van der Waals surface area contributed by atoms with Crippen LogP contribution in [0.5, 0.6) is 0 Å². The van der Waals surface area contributed by atoms with Crippen molar-refractivity contribution in [1.29, 1.82) is 0 Å². The average molecular weight is 199 g/mol. The van der Waals surface area contributed by atoms with E-state index in [1.165, 1.54) is 12.8 Å². The van der Waals surface area contributed by atoms with Crippen LogP contribution < -0.4 is 5.32 Å². The van der Waals surface area contributed by atoms with Crippen LogP contribution in [0.15, 0.2) is 0 Å². The van der Waals surface area contributed by atoms with Gasteiger partial charge in [0.2, 0.25) is 0 Å². The first-order chi connectivity index (χ1) is 6.61. The molecular formula is C12H25NO. The van der Waals surface area contributed by atoms with Gasteiger partial charge in [-0.25, -0.2) is 0 Å². The molecule has 3 unspecified atom stereocenters. The van der Waals surface area contributed by atoms with E-state index in [0.717, 1.165) is 31.0 Å². The van der Waals surface area contributed by atoms with E-state index in [2.05, 4.69) is 33.0 Å². The van der Waals surface area contributed by atoms with Gasteiger partial charge in [0.1, 0.15) is 0 Å². The van der Waals surface area contributed by atoms with E-state index in [0.29, 0.717) is 6.10 Å². The number of hydrogen-bond acceptors (Lipinski definition) is 2. The van der Waals surface area contributed by atoms with E-state index in [9.17, 15) is 0 Å². The lowest BCUT2D eigenvalue weighted by atomic mass is 9.98. The van der Waals surface area contributed by atoms with Gasteiger partial charge < -0.3 is 10.1 Å². The molecule has 0 heterocycles. The van der Waals surface area contributed by atoms with E-state index in [-0.39, 0.29) is 0 Å². The third-order valence-corrected chi connectivity index (χ3v) is 3.43. The summed E-state index contributed by atoms with van der Waals surface area (Å²) in [5.41, 5.74) is 0. The molecule has 0 aromatic heterocycles. The SMILES string of the molecule is CC(C)OCCNC1CCC(C)C1C. The van der Waals surface area contributed by atoms with Crippen molar-refractivity contribution < 1.29 is 4.74 Å². The normalized spacial score (nSPS) is 32.8. The lowest BCUT2D eigenvalue weighted by Crippen LogP contribution is -2.35. The van der Waals surface area contributed by atoms with E-state index >= 15 is 0 Å². The lowest BCUT2D eigenvalue weighted by molar-refractivity contribution is 0.0785. The molecule has 1 fully saturated rings. The van der Waals surface area contributed by atoms with Crippen molar-refractivity contribution in [3.63, 3.8) is 0 Å². The Kier molecular flexibility index (Phi) is 4.90. The number of ether oxygens (including phenoxy) is 1. The molecule has 14 heavy (non-hydrogen) atoms. The second-order valence-corrected chi connectivity index (χ2v) is 4.89. The first-order valence-electron chi connectivity index (χ1n) is 5.96. The van der Waals surface area contributed by atoms with Crippen molar-refractivity contribution in [1.82, 2.24) is 5.32 Å². The highest BCUT2D eigenvalue weighted by Crippen LogP contribution is 2.30. The van der Waals surface area contributed by atoms with Crippen molar-refractivity contribution >= 4 is 0 Å². The fourth-order valence-corrected chi connectivity index (χ4v) is 2.19. The minimum absolute atomic E-state index is 0.358. The van der Waals surface area contributed by atoms with Crippen LogP contribution in [-0.4, -0.2) is 25.3 Å². The van der Waals surface area contributed by atoms with E-state index in [1.807, 2.05) is 0 Å². The van der Waals surface area contributed by atoms with Gasteiger partial charge in [-0.2, -0.15) is 0 Å². The van der Waals surface area contributed by atoms with Crippen molar-refractivity contribution in [2.45, 2.75) is 52.7 Å². The first-order valence-corrected chi connectivity index (χ1v) is 5.96. The molecule has 2 heteroatoms. The molecule has 1 saturated carbocycles. The summed E-state index contributed by atoms with van der Waals surface area (Å²) < 4.78 is 5.50. The van der Waals surface area contributed by atoms with Crippen LogP contribution in [0.1, 0.15) is 40.5 Å². The van der Waals surface area contributed by atoms with Gasteiger partial charge in [0, 0.05) is 12.6 Å². The maximum atomic E-state index is 5.50. The predicted octanol–water partition coefficient (Wildman–Crippen LogP) is 2.44. The Morgan fingerprint density at radius 3 is 2.50 bits per heavy atom. The Labute approximate surface area is 88.4 Å². The van der Waals surface area contributed by atoms with E-state index in [4.69, 9.17) is 4.74 Å². The van der Waals surface area contributed by atoms with Gasteiger partial charge in [-0.15, -0.1) is 0 Å². The molecule has 0 saturated heterocycles. The molecule has 1 N–H and O–H groups in total. The van der Waals surface area contributed by atoms with Gasteiger partial charge in [-0.3, -0.25) is 0 Å². The summed E-state index contributed by atoms with van der Waals surface area (Å²) in [6.07, 6.45) is 3.07. The molecule has 84 valence electrons. The minimum atomic E-state index is 0.358. The fourth-order valence-electron chi connectivity index (χ4n) is 2.19. The topological polar surface area (TPSA) is 21.3 Å². The summed E-state index contributed by atoms with van der Waals surface area (Å²) in [6, 6.07) is 0.723. The Hall–Kier alpha value is -0.0800. The molecule has 0 aromatic rings. The van der Waals surface area contributed by atoms with Crippen LogP contribution in [-0.2, 0) is 4.74 Å². The second-order valence-electron chi connectivity index (χ2n) is 4.89. The van der Waals surface area contributed by atoms with E-state index in [1.54, 1.807) is 0 Å². The molecule has 0 radical (unpaired) electrons. The summed E-state index contributed by atoms with van der Waals surface area (Å²) in [6.45, 7) is 10.7. The average Bonchev–Trinajstić information content (AvgIpc) is 2.43. The van der Waals surface area contributed by atoms with Gasteiger partial charge >= 0.3 is 0 Å². The Balaban J connectivity index is 2.07. The monoisotopic (exact) mass is 199 g/mol. The Bertz CT molecular complexity index is 158. The number of nitrogens with one attached hydrogen (secondary N) is 1. The highest BCUT2D eigenvalue weighted by Gasteiger charge is 2.28. The van der Waals surface area contributed by atoms with Crippen molar-refractivity contribution in [2.24, 2.45) is 11.8 Å². The van der Waals surface area contributed by atoms with Crippen LogP contribution in [0.25, 0.3) is 0 Å². The second kappa shape index (κ2) is 5.72. The van der Waals surface area contributed by atoms with E-state index < -0.39 is 0 Å². The van der Waals surface area contributed by atoms with Gasteiger partial charge in [0.25, 0.3) is 0 Å². The molecule has 0 aromatic carbocycles. The predicted molar refractivity (Wildman–Crippen MR) is 60.4 cm³/mol. The third kappa shape index (κ3) is 3.58. The minimum Gasteiger partial charge on any atom is -0.377 e. The van der Waals surface area contributed by atoms with Gasteiger partial charge in [0.05, 0.1) is 12.7 Å². The standard InChI is InChI=1S/C12H25NO/c1-9(2)14-8-7-13-12-6-5-10(3)11(12)4/h9-13H,5-8H2,1-4H3. The molecular weight excluding hydrogens is 174 g/mol. The fraction of sp³-hybridized carbons (Fsp3) is 1.00. The van der Waals surface area contributed by atoms with Crippen LogP contribution in [0.2, 0.25) is 0 Å². The van der Waals surface area contributed by atoms with Gasteiger partial charge in [-0.05, 0) is 38.5 Å². The molecule has 0 bridgehead atoms. The molecule has 0 spiro atoms. The molecule has 1 aliphatic carbocycles. The smallest absolute Gasteiger partial charge is 0.0594 e. The zero-order valence-electron chi connectivity index (χ0n) is 10.0. The first kappa shape index (κ1) is 12.0. The quantitative estimate of drug-likeness (QED) is 0.687. The zero-order chi connectivity index (χ0) is 10.6. The highest BCUT2D eigenvalue weighted by atomic mass is 16.5. The third-order valence-electron chi connectivity index (χ3n) is 3.43. The molecule has 3 atom stereocenters. The zero-order valence-corrected chi connectivity index (χ0v) is 10.0. The maximum absolute atomic E-state index is 5.50. The molecule has 1 aliphatic rings. The summed E-state index contributed by atoms with van der Waals surface area (Å²) in [5.74, 6) is 1.72. The number of hydrogen-bond donors (Lipinski definition) is 1. The molecule has 0 aliphatic heterocycles. The van der Waals surface area contributed by atoms with Gasteiger partial charge in [0.15, 0.2) is 0 Å². The lowest BCUT2D eigenvalue weighted by Gasteiger charge is -2.20. The summed E-state index contributed by atoms with van der Waals surface area (Å²) >= 11 is 0. The van der Waals surface area contributed by atoms with Crippen molar-refractivity contribution in [2.75, 3.05) is 13.2 Å². The molecule has 0 amide bonds. The number of rotatable bonds is 5. The van der Waals surface area contributed by atoms with Crippen molar-refractivity contribution in [3.05, 3.63) is 0 Å². The summed E-state index contributed by atoms with van der Waals surface area (Å²) in [4.78, 5) is 0.